The number of nitrogens with zero attached hydrogens (tertiary/aromatic N) is 3. The molecule has 3 rings (SSSR count). The van der Waals surface area contributed by atoms with Gasteiger partial charge in [-0.1, -0.05) is 0 Å². The summed E-state index contributed by atoms with van der Waals surface area (Å²) in [5.74, 6) is 1.48. The van der Waals surface area contributed by atoms with Gasteiger partial charge in [0.25, 0.3) is 5.56 Å². The van der Waals surface area contributed by atoms with E-state index in [1.165, 1.54) is 11.8 Å². The number of fused-ring (bicyclic) bond motifs is 1. The standard InChI is InChI=1S/C18H17N3O2S/c1-12(8-9-19-2)15-10-24-17-16(15)20-11-21(18(17)22)13-4-6-14(23-3)7-5-13/h4-9,11H,2,10H2,1,3H3/b9-8-,15-12+. The number of rotatable bonds is 4. The van der Waals surface area contributed by atoms with E-state index < -0.39 is 0 Å². The van der Waals surface area contributed by atoms with Crippen molar-refractivity contribution in [3.63, 3.8) is 0 Å². The normalized spacial score (nSPS) is 15.4. The summed E-state index contributed by atoms with van der Waals surface area (Å²) in [7, 11) is 1.61. The van der Waals surface area contributed by atoms with Gasteiger partial charge in [-0.2, -0.15) is 0 Å². The third kappa shape index (κ3) is 2.92. The average molecular weight is 339 g/mol. The topological polar surface area (TPSA) is 56.5 Å². The van der Waals surface area contributed by atoms with Gasteiger partial charge in [0.05, 0.1) is 23.4 Å². The lowest BCUT2D eigenvalue weighted by Gasteiger charge is -2.08. The Labute approximate surface area is 144 Å². The number of aromatic nitrogens is 2. The first-order chi connectivity index (χ1) is 11.7. The molecule has 0 spiro atoms. The molecule has 0 bridgehead atoms. The lowest BCUT2D eigenvalue weighted by Crippen LogP contribution is -2.20. The minimum absolute atomic E-state index is 0.0520. The third-order valence-corrected chi connectivity index (χ3v) is 4.92. The fourth-order valence-electron chi connectivity index (χ4n) is 2.49. The summed E-state index contributed by atoms with van der Waals surface area (Å²) in [5, 5.41) is 0. The second-order valence-electron chi connectivity index (χ2n) is 5.24. The molecule has 0 atom stereocenters. The van der Waals surface area contributed by atoms with Gasteiger partial charge in [-0.05, 0) is 55.1 Å². The van der Waals surface area contributed by atoms with Gasteiger partial charge >= 0.3 is 0 Å². The first-order valence-electron chi connectivity index (χ1n) is 7.37. The molecule has 0 aliphatic carbocycles. The van der Waals surface area contributed by atoms with E-state index in [2.05, 4.69) is 16.7 Å². The Bertz CT molecular complexity index is 895. The van der Waals surface area contributed by atoms with Crippen molar-refractivity contribution in [2.45, 2.75) is 11.8 Å². The molecule has 1 aliphatic rings. The van der Waals surface area contributed by atoms with Crippen molar-refractivity contribution in [3.05, 3.63) is 64.5 Å². The van der Waals surface area contributed by atoms with Gasteiger partial charge in [0.1, 0.15) is 12.1 Å². The van der Waals surface area contributed by atoms with Crippen molar-refractivity contribution in [2.24, 2.45) is 4.99 Å². The maximum Gasteiger partial charge on any atom is 0.272 e. The second kappa shape index (κ2) is 6.88. The van der Waals surface area contributed by atoms with Crippen molar-refractivity contribution < 1.29 is 4.74 Å². The molecule has 122 valence electrons. The van der Waals surface area contributed by atoms with E-state index in [1.54, 1.807) is 24.2 Å². The molecule has 0 amide bonds. The second-order valence-corrected chi connectivity index (χ2v) is 6.23. The van der Waals surface area contributed by atoms with Crippen LogP contribution in [-0.4, -0.2) is 29.1 Å². The number of thioether (sulfide) groups is 1. The van der Waals surface area contributed by atoms with E-state index in [9.17, 15) is 4.79 Å². The fraction of sp³-hybridized carbons (Fsp3) is 0.167. The Kier molecular flexibility index (Phi) is 4.66. The van der Waals surface area contributed by atoms with Crippen LogP contribution in [0.25, 0.3) is 11.3 Å². The molecule has 1 aromatic carbocycles. The average Bonchev–Trinajstić information content (AvgIpc) is 3.05. The monoisotopic (exact) mass is 339 g/mol. The van der Waals surface area contributed by atoms with Gasteiger partial charge in [-0.25, -0.2) is 4.98 Å². The van der Waals surface area contributed by atoms with E-state index >= 15 is 0 Å². The molecule has 2 heterocycles. The van der Waals surface area contributed by atoms with Crippen molar-refractivity contribution >= 4 is 24.1 Å². The first kappa shape index (κ1) is 16.3. The van der Waals surface area contributed by atoms with Gasteiger partial charge < -0.3 is 4.74 Å². The Morgan fingerprint density at radius 1 is 1.42 bits per heavy atom. The summed E-state index contributed by atoms with van der Waals surface area (Å²) in [6, 6.07) is 7.33. The minimum Gasteiger partial charge on any atom is -0.497 e. The Balaban J connectivity index is 2.05. The molecule has 6 heteroatoms. The minimum atomic E-state index is -0.0520. The quantitative estimate of drug-likeness (QED) is 0.802. The predicted molar refractivity (Wildman–Crippen MR) is 98.4 cm³/mol. The van der Waals surface area contributed by atoms with Crippen LogP contribution in [-0.2, 0) is 0 Å². The highest BCUT2D eigenvalue weighted by atomic mass is 32.2. The number of benzene rings is 1. The fourth-order valence-corrected chi connectivity index (χ4v) is 3.67. The van der Waals surface area contributed by atoms with E-state index in [-0.39, 0.29) is 5.56 Å². The summed E-state index contributed by atoms with van der Waals surface area (Å²) in [6.07, 6.45) is 5.11. The van der Waals surface area contributed by atoms with Gasteiger partial charge in [0.2, 0.25) is 0 Å². The van der Waals surface area contributed by atoms with E-state index in [0.717, 1.165) is 34.0 Å². The highest BCUT2D eigenvalue weighted by molar-refractivity contribution is 8.00. The number of hydrogen-bond donors (Lipinski definition) is 0. The molecular weight excluding hydrogens is 322 g/mol. The Morgan fingerprint density at radius 3 is 2.83 bits per heavy atom. The van der Waals surface area contributed by atoms with Gasteiger partial charge in [0.15, 0.2) is 0 Å². The highest BCUT2D eigenvalue weighted by Crippen LogP contribution is 2.37. The number of aliphatic imine (C=N–C) groups is 1. The Hall–Kier alpha value is -2.60. The predicted octanol–water partition coefficient (Wildman–Crippen LogP) is 3.33. The maximum atomic E-state index is 12.8. The smallest absolute Gasteiger partial charge is 0.272 e. The zero-order valence-corrected chi connectivity index (χ0v) is 14.3. The van der Waals surface area contributed by atoms with E-state index in [4.69, 9.17) is 4.74 Å². The summed E-state index contributed by atoms with van der Waals surface area (Å²) in [6.45, 7) is 5.42. The lowest BCUT2D eigenvalue weighted by atomic mass is 10.1. The molecule has 0 unspecified atom stereocenters. The summed E-state index contributed by atoms with van der Waals surface area (Å²) >= 11 is 1.52. The summed E-state index contributed by atoms with van der Waals surface area (Å²) in [4.78, 5) is 21.7. The van der Waals surface area contributed by atoms with Crippen molar-refractivity contribution in [1.29, 1.82) is 0 Å². The van der Waals surface area contributed by atoms with Crippen LogP contribution in [0.4, 0.5) is 0 Å². The van der Waals surface area contributed by atoms with Crippen LogP contribution < -0.4 is 10.3 Å². The zero-order valence-electron chi connectivity index (χ0n) is 13.5. The zero-order chi connectivity index (χ0) is 17.1. The largest absolute Gasteiger partial charge is 0.497 e. The van der Waals surface area contributed by atoms with Crippen molar-refractivity contribution in [2.75, 3.05) is 12.9 Å². The van der Waals surface area contributed by atoms with Crippen molar-refractivity contribution in [3.8, 4) is 11.4 Å². The number of allylic oxidation sites excluding steroid dienone is 2. The molecule has 2 aromatic rings. The third-order valence-electron chi connectivity index (χ3n) is 3.83. The molecule has 1 aromatic heterocycles. The van der Waals surface area contributed by atoms with E-state index in [1.807, 2.05) is 37.3 Å². The van der Waals surface area contributed by atoms with Crippen molar-refractivity contribution in [1.82, 2.24) is 9.55 Å². The van der Waals surface area contributed by atoms with Crippen LogP contribution in [0.3, 0.4) is 0 Å². The molecule has 0 radical (unpaired) electrons. The van der Waals surface area contributed by atoms with Crippen LogP contribution >= 0.6 is 11.8 Å². The molecule has 0 fully saturated rings. The van der Waals surface area contributed by atoms with Gasteiger partial charge in [0, 0.05) is 12.0 Å². The Morgan fingerprint density at radius 2 is 2.17 bits per heavy atom. The molecule has 0 saturated heterocycles. The van der Waals surface area contributed by atoms with Crippen LogP contribution in [0.2, 0.25) is 0 Å². The van der Waals surface area contributed by atoms with Gasteiger partial charge in [-0.3, -0.25) is 14.4 Å². The molecule has 0 N–H and O–H groups in total. The van der Waals surface area contributed by atoms with Gasteiger partial charge in [-0.15, -0.1) is 11.8 Å². The van der Waals surface area contributed by atoms with Crippen LogP contribution in [0.15, 0.2) is 63.1 Å². The summed E-state index contributed by atoms with van der Waals surface area (Å²) in [5.41, 5.74) is 3.59. The van der Waals surface area contributed by atoms with Crippen LogP contribution in [0, 0.1) is 0 Å². The number of hydrogen-bond acceptors (Lipinski definition) is 5. The maximum absolute atomic E-state index is 12.8. The first-order valence-corrected chi connectivity index (χ1v) is 8.35. The molecular formula is C18H17N3O2S. The lowest BCUT2D eigenvalue weighted by molar-refractivity contribution is 0.414. The van der Waals surface area contributed by atoms with Crippen LogP contribution in [0.1, 0.15) is 12.6 Å². The van der Waals surface area contributed by atoms with Crippen LogP contribution in [0.5, 0.6) is 5.75 Å². The molecule has 0 saturated carbocycles. The molecule has 5 nitrogen and oxygen atoms in total. The molecule has 24 heavy (non-hydrogen) atoms. The summed E-state index contributed by atoms with van der Waals surface area (Å²) < 4.78 is 6.71. The number of methoxy groups -OCH3 is 1. The molecule has 1 aliphatic heterocycles. The van der Waals surface area contributed by atoms with E-state index in [0.29, 0.717) is 4.90 Å². The number of ether oxygens (including phenoxy) is 1. The SMILES string of the molecule is C=N/C=C\C(C)=C1/CSc2c1ncn(-c1ccc(OC)cc1)c2=O. The highest BCUT2D eigenvalue weighted by Gasteiger charge is 2.24.